The zero-order valence-corrected chi connectivity index (χ0v) is 23.2. The molecule has 5 rings (SSSR count). The van der Waals surface area contributed by atoms with Gasteiger partial charge in [0.15, 0.2) is 0 Å². The van der Waals surface area contributed by atoms with Gasteiger partial charge in [-0.05, 0) is 107 Å². The van der Waals surface area contributed by atoms with Crippen molar-refractivity contribution in [1.82, 2.24) is 0 Å². The molecule has 1 saturated carbocycles. The first-order valence-corrected chi connectivity index (χ1v) is 13.8. The van der Waals surface area contributed by atoms with E-state index < -0.39 is 5.97 Å². The molecule has 3 aromatic rings. The lowest BCUT2D eigenvalue weighted by molar-refractivity contribution is -0.137. The first-order chi connectivity index (χ1) is 18.7. The highest BCUT2D eigenvalue weighted by Gasteiger charge is 2.41. The minimum absolute atomic E-state index is 0.00114. The number of methoxy groups -OCH3 is 1. The lowest BCUT2D eigenvalue weighted by Crippen LogP contribution is -2.11. The van der Waals surface area contributed by atoms with Crippen molar-refractivity contribution in [2.45, 2.75) is 59.0 Å². The second kappa shape index (κ2) is 10.9. The fourth-order valence-corrected chi connectivity index (χ4v) is 6.06. The van der Waals surface area contributed by atoms with Gasteiger partial charge in [-0.2, -0.15) is 0 Å². The van der Waals surface area contributed by atoms with Crippen LogP contribution in [0, 0.1) is 23.1 Å². The highest BCUT2D eigenvalue weighted by Crippen LogP contribution is 2.50. The van der Waals surface area contributed by atoms with Gasteiger partial charge in [0.2, 0.25) is 0 Å². The quantitative estimate of drug-likeness (QED) is 0.287. The number of carbonyl (C=O) groups is 1. The van der Waals surface area contributed by atoms with Crippen molar-refractivity contribution in [3.05, 3.63) is 89.2 Å². The van der Waals surface area contributed by atoms with E-state index in [1.54, 1.807) is 19.2 Å². The van der Waals surface area contributed by atoms with E-state index in [9.17, 15) is 9.90 Å². The number of carboxylic acid groups (broad SMARTS) is 1. The van der Waals surface area contributed by atoms with E-state index in [2.05, 4.69) is 32.9 Å². The topological polar surface area (TPSA) is 55.8 Å². The van der Waals surface area contributed by atoms with Crippen LogP contribution in [-0.4, -0.2) is 18.2 Å². The SMILES string of the molecule is COc1ccc(F)c(-c2ccc(COc3cccc([C@@H](CC(=O)O)[C@H]4C[C@@H]4C)c3)cc2C2=CCCC2(C)C)c1. The third-order valence-electron chi connectivity index (χ3n) is 8.46. The van der Waals surface area contributed by atoms with Gasteiger partial charge in [-0.25, -0.2) is 4.39 Å². The monoisotopic (exact) mass is 528 g/mol. The third kappa shape index (κ3) is 5.88. The molecule has 0 spiro atoms. The molecule has 4 nitrogen and oxygen atoms in total. The summed E-state index contributed by atoms with van der Waals surface area (Å²) in [6, 6.07) is 18.8. The van der Waals surface area contributed by atoms with Crippen LogP contribution in [0.5, 0.6) is 11.5 Å². The Hall–Kier alpha value is -3.60. The maximum absolute atomic E-state index is 15.1. The van der Waals surface area contributed by atoms with Gasteiger partial charge in [0.25, 0.3) is 0 Å². The zero-order valence-electron chi connectivity index (χ0n) is 23.2. The number of hydrogen-bond donors (Lipinski definition) is 1. The summed E-state index contributed by atoms with van der Waals surface area (Å²) < 4.78 is 26.7. The average molecular weight is 529 g/mol. The minimum Gasteiger partial charge on any atom is -0.497 e. The van der Waals surface area contributed by atoms with Crippen LogP contribution in [-0.2, 0) is 11.4 Å². The van der Waals surface area contributed by atoms with Crippen molar-refractivity contribution in [2.24, 2.45) is 17.3 Å². The number of ether oxygens (including phenoxy) is 2. The van der Waals surface area contributed by atoms with Crippen LogP contribution >= 0.6 is 0 Å². The predicted molar refractivity (Wildman–Crippen MR) is 152 cm³/mol. The lowest BCUT2D eigenvalue weighted by Gasteiger charge is -2.25. The summed E-state index contributed by atoms with van der Waals surface area (Å²) in [6.07, 6.45) is 5.51. The first kappa shape index (κ1) is 27.0. The third-order valence-corrected chi connectivity index (χ3v) is 8.46. The minimum atomic E-state index is -0.769. The summed E-state index contributed by atoms with van der Waals surface area (Å²) in [5.41, 5.74) is 5.59. The Morgan fingerprint density at radius 1 is 1.05 bits per heavy atom. The summed E-state index contributed by atoms with van der Waals surface area (Å²) >= 11 is 0. The molecule has 3 aromatic carbocycles. The van der Waals surface area contributed by atoms with Crippen LogP contribution in [0.25, 0.3) is 16.7 Å². The number of rotatable bonds is 10. The van der Waals surface area contributed by atoms with Crippen LogP contribution < -0.4 is 9.47 Å². The molecule has 1 fully saturated rings. The van der Waals surface area contributed by atoms with Crippen LogP contribution in [0.15, 0.2) is 66.7 Å². The van der Waals surface area contributed by atoms with E-state index in [1.807, 2.05) is 36.4 Å². The van der Waals surface area contributed by atoms with Crippen LogP contribution in [0.1, 0.15) is 69.1 Å². The normalized spacial score (nSPS) is 20.3. The fraction of sp³-hybridized carbons (Fsp3) is 0.382. The molecule has 3 atom stereocenters. The van der Waals surface area contributed by atoms with Gasteiger partial charge in [-0.1, -0.05) is 51.1 Å². The van der Waals surface area contributed by atoms with E-state index in [1.165, 1.54) is 11.6 Å². The second-order valence-electron chi connectivity index (χ2n) is 11.7. The van der Waals surface area contributed by atoms with Crippen molar-refractivity contribution in [1.29, 1.82) is 0 Å². The Morgan fingerprint density at radius 2 is 1.85 bits per heavy atom. The Labute approximate surface area is 230 Å². The molecule has 5 heteroatoms. The van der Waals surface area contributed by atoms with Gasteiger partial charge in [0.05, 0.1) is 13.5 Å². The molecular weight excluding hydrogens is 491 g/mol. The van der Waals surface area contributed by atoms with Gasteiger partial charge in [0.1, 0.15) is 23.9 Å². The Kier molecular flexibility index (Phi) is 7.53. The maximum atomic E-state index is 15.1. The number of halogens is 1. The van der Waals surface area contributed by atoms with E-state index in [0.717, 1.165) is 47.3 Å². The van der Waals surface area contributed by atoms with Crippen LogP contribution in [0.2, 0.25) is 0 Å². The van der Waals surface area contributed by atoms with Gasteiger partial charge in [-0.3, -0.25) is 4.79 Å². The summed E-state index contributed by atoms with van der Waals surface area (Å²) in [7, 11) is 1.59. The Bertz CT molecular complexity index is 1410. The van der Waals surface area contributed by atoms with Crippen molar-refractivity contribution >= 4 is 11.5 Å². The summed E-state index contributed by atoms with van der Waals surface area (Å²) in [5.74, 6) is 1.25. The smallest absolute Gasteiger partial charge is 0.303 e. The number of allylic oxidation sites excluding steroid dienone is 2. The number of hydrogen-bond acceptors (Lipinski definition) is 3. The average Bonchev–Trinajstić information content (AvgIpc) is 3.53. The molecule has 204 valence electrons. The second-order valence-corrected chi connectivity index (χ2v) is 11.7. The maximum Gasteiger partial charge on any atom is 0.303 e. The molecule has 1 N–H and O–H groups in total. The van der Waals surface area contributed by atoms with E-state index in [0.29, 0.717) is 29.8 Å². The lowest BCUT2D eigenvalue weighted by atomic mass is 9.79. The highest BCUT2D eigenvalue weighted by atomic mass is 19.1. The molecule has 0 amide bonds. The molecule has 0 heterocycles. The Morgan fingerprint density at radius 3 is 2.51 bits per heavy atom. The predicted octanol–water partition coefficient (Wildman–Crippen LogP) is 8.50. The molecule has 2 aliphatic rings. The molecular formula is C34H37FO4. The first-order valence-electron chi connectivity index (χ1n) is 13.8. The largest absolute Gasteiger partial charge is 0.497 e. The van der Waals surface area contributed by atoms with Crippen molar-refractivity contribution < 1.29 is 23.8 Å². The molecule has 0 radical (unpaired) electrons. The highest BCUT2D eigenvalue weighted by molar-refractivity contribution is 5.85. The van der Waals surface area contributed by atoms with Gasteiger partial charge >= 0.3 is 5.97 Å². The van der Waals surface area contributed by atoms with Gasteiger partial charge in [-0.15, -0.1) is 0 Å². The van der Waals surface area contributed by atoms with Gasteiger partial charge in [0, 0.05) is 5.56 Å². The van der Waals surface area contributed by atoms with Crippen LogP contribution in [0.3, 0.4) is 0 Å². The standard InChI is InChI=1S/C34H37FO4/c1-21-15-27(21)28(19-33(36)37)23-7-5-8-25(17-23)39-20-22-10-12-26(30-18-24(38-4)11-13-32(30)35)29(16-22)31-9-6-14-34(31,2)3/h5,7-13,16-18,21,27-28H,6,14-15,19-20H2,1-4H3,(H,36,37)/t21-,27-,28+/m0/s1. The van der Waals surface area contributed by atoms with Crippen molar-refractivity contribution in [2.75, 3.05) is 7.11 Å². The molecule has 2 aliphatic carbocycles. The summed E-state index contributed by atoms with van der Waals surface area (Å²) in [4.78, 5) is 11.5. The number of carboxylic acids is 1. The van der Waals surface area contributed by atoms with Gasteiger partial charge < -0.3 is 14.6 Å². The zero-order chi connectivity index (χ0) is 27.7. The fourth-order valence-electron chi connectivity index (χ4n) is 6.06. The van der Waals surface area contributed by atoms with Crippen molar-refractivity contribution in [3.8, 4) is 22.6 Å². The van der Waals surface area contributed by atoms with Crippen LogP contribution in [0.4, 0.5) is 4.39 Å². The number of benzene rings is 3. The van der Waals surface area contributed by atoms with E-state index in [-0.39, 0.29) is 23.6 Å². The van der Waals surface area contributed by atoms with E-state index >= 15 is 4.39 Å². The Balaban J connectivity index is 1.44. The molecule has 0 aliphatic heterocycles. The summed E-state index contributed by atoms with van der Waals surface area (Å²) in [6.45, 7) is 7.01. The van der Waals surface area contributed by atoms with E-state index in [4.69, 9.17) is 9.47 Å². The van der Waals surface area contributed by atoms with Crippen molar-refractivity contribution in [3.63, 3.8) is 0 Å². The molecule has 0 bridgehead atoms. The molecule has 0 saturated heterocycles. The molecule has 0 aromatic heterocycles. The number of aliphatic carboxylic acids is 1. The molecule has 39 heavy (non-hydrogen) atoms. The summed E-state index contributed by atoms with van der Waals surface area (Å²) in [5, 5.41) is 9.47. The molecule has 0 unspecified atom stereocenters.